The second-order valence-electron chi connectivity index (χ2n) is 5.03. The molecule has 2 heterocycles. The highest BCUT2D eigenvalue weighted by molar-refractivity contribution is 7.18. The van der Waals surface area contributed by atoms with Gasteiger partial charge in [-0.1, -0.05) is 11.3 Å². The molecule has 1 aromatic carbocycles. The predicted octanol–water partition coefficient (Wildman–Crippen LogP) is 3.20. The first-order valence-electron chi connectivity index (χ1n) is 7.09. The van der Waals surface area contributed by atoms with E-state index in [-0.39, 0.29) is 17.0 Å². The highest BCUT2D eigenvalue weighted by atomic mass is 32.1. The predicted molar refractivity (Wildman–Crippen MR) is 88.0 cm³/mol. The number of benzene rings is 1. The zero-order valence-electron chi connectivity index (χ0n) is 13.5. The Hall–Kier alpha value is -2.81. The lowest BCUT2D eigenvalue weighted by Crippen LogP contribution is -2.05. The van der Waals surface area contributed by atoms with E-state index >= 15 is 0 Å². The van der Waals surface area contributed by atoms with E-state index < -0.39 is 17.6 Å². The maximum Gasteiger partial charge on any atom is 0.342 e. The van der Waals surface area contributed by atoms with Crippen LogP contribution in [0.25, 0.3) is 21.9 Å². The minimum Gasteiger partial charge on any atom is -0.503 e. The van der Waals surface area contributed by atoms with Gasteiger partial charge in [-0.05, 0) is 19.1 Å². The number of esters is 1. The summed E-state index contributed by atoms with van der Waals surface area (Å²) in [4.78, 5) is 17.2. The summed E-state index contributed by atoms with van der Waals surface area (Å²) in [5, 5.41) is 4.25. The number of aromatic nitrogens is 3. The molecule has 0 aliphatic heterocycles. The summed E-state index contributed by atoms with van der Waals surface area (Å²) in [6.45, 7) is 1.74. The van der Waals surface area contributed by atoms with Crippen LogP contribution in [0, 0.1) is 18.6 Å². The quantitative estimate of drug-likeness (QED) is 0.404. The lowest BCUT2D eigenvalue weighted by Gasteiger charge is -2.03. The van der Waals surface area contributed by atoms with E-state index in [1.807, 2.05) is 0 Å². The summed E-state index contributed by atoms with van der Waals surface area (Å²) in [7, 11) is 2.69. The van der Waals surface area contributed by atoms with Gasteiger partial charge in [0.15, 0.2) is 5.82 Å². The number of carbonyl (C=O) groups is 1. The Morgan fingerprint density at radius 3 is 2.68 bits per heavy atom. The third-order valence-corrected chi connectivity index (χ3v) is 4.64. The van der Waals surface area contributed by atoms with Gasteiger partial charge in [0.25, 0.3) is 0 Å². The second kappa shape index (κ2) is 6.60. The molecule has 0 spiro atoms. The van der Waals surface area contributed by atoms with Crippen molar-refractivity contribution in [3.8, 4) is 11.4 Å². The van der Waals surface area contributed by atoms with Crippen molar-refractivity contribution in [1.29, 1.82) is 0 Å². The average Bonchev–Trinajstić information content (AvgIpc) is 3.12. The molecule has 9 heteroatoms. The molecule has 3 aromatic rings. The van der Waals surface area contributed by atoms with Crippen LogP contribution in [0.3, 0.4) is 0 Å². The van der Waals surface area contributed by atoms with Gasteiger partial charge >= 0.3 is 5.97 Å². The smallest absolute Gasteiger partial charge is 0.342 e. The molecule has 0 aliphatic carbocycles. The number of hydrogen-bond acceptors (Lipinski definition) is 6. The molecule has 0 atom stereocenters. The highest BCUT2D eigenvalue weighted by Gasteiger charge is 2.23. The molecule has 130 valence electrons. The molecule has 6 nitrogen and oxygen atoms in total. The summed E-state index contributed by atoms with van der Waals surface area (Å²) in [6, 6.07) is 3.20. The molecular weight excluding hydrogens is 352 g/mol. The molecule has 0 saturated carbocycles. The Morgan fingerprint density at radius 1 is 1.32 bits per heavy atom. The van der Waals surface area contributed by atoms with Crippen LogP contribution in [0.2, 0.25) is 0 Å². The maximum absolute atomic E-state index is 13.9. The van der Waals surface area contributed by atoms with Crippen LogP contribution in [0.5, 0.6) is 0 Å². The van der Waals surface area contributed by atoms with Crippen LogP contribution in [0.1, 0.15) is 10.6 Å². The van der Waals surface area contributed by atoms with Gasteiger partial charge in [0.05, 0.1) is 36.6 Å². The van der Waals surface area contributed by atoms with Gasteiger partial charge in [0.1, 0.15) is 17.2 Å². The fourth-order valence-electron chi connectivity index (χ4n) is 2.30. The van der Waals surface area contributed by atoms with Crippen molar-refractivity contribution in [2.75, 3.05) is 14.2 Å². The molecule has 0 bridgehead atoms. The van der Waals surface area contributed by atoms with Crippen molar-refractivity contribution in [2.24, 2.45) is 0 Å². The Bertz CT molecular complexity index is 994. The Labute approximate surface area is 145 Å². The topological polar surface area (TPSA) is 65.7 Å². The Morgan fingerprint density at radius 2 is 2.08 bits per heavy atom. The van der Waals surface area contributed by atoms with E-state index in [0.717, 1.165) is 12.1 Å². The molecule has 3 rings (SSSR count). The molecule has 0 fully saturated rings. The standard InChI is InChI=1S/C16H13F2N3O3S/c1-8-13(11(7-23-2)15(22)24-3)25-16-19-14(20-21(8)16)10-5-4-9(17)6-12(10)18/h4-7H,1-3H3/b11-7-. The van der Waals surface area contributed by atoms with Gasteiger partial charge in [0, 0.05) is 6.07 Å². The van der Waals surface area contributed by atoms with E-state index in [1.165, 1.54) is 42.4 Å². The van der Waals surface area contributed by atoms with Crippen molar-refractivity contribution in [3.63, 3.8) is 0 Å². The number of fused-ring (bicyclic) bond motifs is 1. The number of hydrogen-bond donors (Lipinski definition) is 0. The third-order valence-electron chi connectivity index (χ3n) is 3.47. The number of halogens is 2. The molecule has 0 unspecified atom stereocenters. The van der Waals surface area contributed by atoms with E-state index in [4.69, 9.17) is 9.47 Å². The van der Waals surface area contributed by atoms with Gasteiger partial charge < -0.3 is 9.47 Å². The minimum absolute atomic E-state index is 0.0962. The van der Waals surface area contributed by atoms with Crippen molar-refractivity contribution in [1.82, 2.24) is 14.6 Å². The van der Waals surface area contributed by atoms with Crippen molar-refractivity contribution >= 4 is 27.8 Å². The first-order valence-corrected chi connectivity index (χ1v) is 7.91. The summed E-state index contributed by atoms with van der Waals surface area (Å²) < 4.78 is 38.1. The summed E-state index contributed by atoms with van der Waals surface area (Å²) in [6.07, 6.45) is 1.28. The third kappa shape index (κ3) is 2.98. The van der Waals surface area contributed by atoms with Gasteiger partial charge in [-0.25, -0.2) is 18.1 Å². The molecule has 0 N–H and O–H groups in total. The molecular formula is C16H13F2N3O3S. The number of carbonyl (C=O) groups excluding carboxylic acids is 1. The summed E-state index contributed by atoms with van der Waals surface area (Å²) in [5.74, 6) is -1.84. The summed E-state index contributed by atoms with van der Waals surface area (Å²) >= 11 is 1.18. The average molecular weight is 365 g/mol. The van der Waals surface area contributed by atoms with E-state index in [2.05, 4.69) is 10.1 Å². The number of rotatable bonds is 4. The van der Waals surface area contributed by atoms with E-state index in [0.29, 0.717) is 15.5 Å². The van der Waals surface area contributed by atoms with E-state index in [9.17, 15) is 13.6 Å². The molecule has 0 aliphatic rings. The lowest BCUT2D eigenvalue weighted by atomic mass is 10.2. The first kappa shape index (κ1) is 17.0. The molecule has 0 radical (unpaired) electrons. The van der Waals surface area contributed by atoms with Crippen LogP contribution in [-0.4, -0.2) is 34.8 Å². The summed E-state index contributed by atoms with van der Waals surface area (Å²) in [5.41, 5.74) is 0.947. The largest absolute Gasteiger partial charge is 0.503 e. The van der Waals surface area contributed by atoms with E-state index in [1.54, 1.807) is 6.92 Å². The van der Waals surface area contributed by atoms with Crippen LogP contribution >= 0.6 is 11.3 Å². The van der Waals surface area contributed by atoms with Crippen LogP contribution in [-0.2, 0) is 14.3 Å². The fraction of sp³-hybridized carbons (Fsp3) is 0.188. The zero-order valence-corrected chi connectivity index (χ0v) is 14.4. The number of thiazole rings is 1. The molecule has 0 saturated heterocycles. The minimum atomic E-state index is -0.745. The highest BCUT2D eigenvalue weighted by Crippen LogP contribution is 2.31. The van der Waals surface area contributed by atoms with Crippen molar-refractivity contribution in [2.45, 2.75) is 6.92 Å². The number of aryl methyl sites for hydroxylation is 1. The molecule has 2 aromatic heterocycles. The molecule has 25 heavy (non-hydrogen) atoms. The lowest BCUT2D eigenvalue weighted by molar-refractivity contribution is -0.133. The van der Waals surface area contributed by atoms with Crippen molar-refractivity contribution in [3.05, 3.63) is 46.7 Å². The normalized spacial score (nSPS) is 11.8. The zero-order chi connectivity index (χ0) is 18.1. The first-order chi connectivity index (χ1) is 12.0. The Kier molecular flexibility index (Phi) is 4.49. The Balaban J connectivity index is 2.10. The number of ether oxygens (including phenoxy) is 2. The van der Waals surface area contributed by atoms with Crippen molar-refractivity contribution < 1.29 is 23.0 Å². The number of nitrogens with zero attached hydrogens (tertiary/aromatic N) is 3. The fourth-order valence-corrected chi connectivity index (χ4v) is 3.36. The monoisotopic (exact) mass is 365 g/mol. The van der Waals surface area contributed by atoms with Crippen LogP contribution in [0.4, 0.5) is 8.78 Å². The van der Waals surface area contributed by atoms with Gasteiger partial charge in [-0.2, -0.15) is 4.98 Å². The van der Waals surface area contributed by atoms with Gasteiger partial charge in [0.2, 0.25) is 4.96 Å². The van der Waals surface area contributed by atoms with Gasteiger partial charge in [-0.15, -0.1) is 5.10 Å². The number of methoxy groups -OCH3 is 2. The second-order valence-corrected chi connectivity index (χ2v) is 6.01. The molecule has 0 amide bonds. The van der Waals surface area contributed by atoms with Gasteiger partial charge in [-0.3, -0.25) is 0 Å². The van der Waals surface area contributed by atoms with Crippen LogP contribution in [0.15, 0.2) is 24.5 Å². The maximum atomic E-state index is 13.9. The van der Waals surface area contributed by atoms with Crippen LogP contribution < -0.4 is 0 Å². The SMILES string of the molecule is CO/C=C(\C(=O)OC)c1sc2nc(-c3ccc(F)cc3F)nn2c1C.